The Labute approximate surface area is 115 Å². The molecule has 2 N–H and O–H groups in total. The zero-order valence-corrected chi connectivity index (χ0v) is 10.8. The van der Waals surface area contributed by atoms with Crippen molar-refractivity contribution in [1.29, 1.82) is 0 Å². The largest absolute Gasteiger partial charge is 0.507 e. The Morgan fingerprint density at radius 2 is 2.05 bits per heavy atom. The van der Waals surface area contributed by atoms with Gasteiger partial charge in [-0.3, -0.25) is 0 Å². The van der Waals surface area contributed by atoms with Crippen LogP contribution in [-0.4, -0.2) is 10.9 Å². The lowest BCUT2D eigenvalue weighted by Crippen LogP contribution is -2.18. The van der Waals surface area contributed by atoms with Crippen LogP contribution in [-0.2, 0) is 4.84 Å². The highest BCUT2D eigenvalue weighted by Crippen LogP contribution is 2.27. The maximum atomic E-state index is 13.7. The van der Waals surface area contributed by atoms with E-state index < -0.39 is 6.23 Å². The molecule has 0 aromatic heterocycles. The molecule has 102 valence electrons. The molecule has 1 aliphatic heterocycles. The van der Waals surface area contributed by atoms with E-state index >= 15 is 0 Å². The molecular weight excluding hydrogens is 259 g/mol. The molecule has 0 spiro atoms. The molecule has 5 heteroatoms. The zero-order valence-electron chi connectivity index (χ0n) is 10.8. The Morgan fingerprint density at radius 3 is 2.85 bits per heavy atom. The number of halogens is 1. The highest BCUT2D eigenvalue weighted by atomic mass is 19.1. The molecule has 1 unspecified atom stereocenters. The predicted molar refractivity (Wildman–Crippen MR) is 72.7 cm³/mol. The SMILES string of the molecule is Cc1ccc(O)c(C2=NC(c3ccccc3F)ON2)c1. The number of aliphatic imine (C=N–C) groups is 1. The third-order valence-corrected chi connectivity index (χ3v) is 3.09. The lowest BCUT2D eigenvalue weighted by molar-refractivity contribution is 0.0355. The Bertz CT molecular complexity index is 685. The van der Waals surface area contributed by atoms with E-state index in [-0.39, 0.29) is 11.6 Å². The summed E-state index contributed by atoms with van der Waals surface area (Å²) in [4.78, 5) is 9.55. The van der Waals surface area contributed by atoms with Crippen LogP contribution in [0, 0.1) is 12.7 Å². The van der Waals surface area contributed by atoms with E-state index in [1.54, 1.807) is 36.4 Å². The van der Waals surface area contributed by atoms with Crippen LogP contribution in [0.5, 0.6) is 5.75 Å². The van der Waals surface area contributed by atoms with Gasteiger partial charge < -0.3 is 5.11 Å². The monoisotopic (exact) mass is 272 g/mol. The molecule has 2 aromatic carbocycles. The van der Waals surface area contributed by atoms with Crippen molar-refractivity contribution in [3.05, 3.63) is 65.0 Å². The maximum Gasteiger partial charge on any atom is 0.205 e. The summed E-state index contributed by atoms with van der Waals surface area (Å²) in [5.74, 6) is 0.108. The van der Waals surface area contributed by atoms with Gasteiger partial charge in [0.05, 0.1) is 5.56 Å². The quantitative estimate of drug-likeness (QED) is 0.884. The van der Waals surface area contributed by atoms with Crippen molar-refractivity contribution in [2.45, 2.75) is 13.2 Å². The summed E-state index contributed by atoms with van der Waals surface area (Å²) in [6, 6.07) is 11.5. The first-order chi connectivity index (χ1) is 9.65. The molecule has 20 heavy (non-hydrogen) atoms. The average Bonchev–Trinajstić information content (AvgIpc) is 2.91. The van der Waals surface area contributed by atoms with Crippen molar-refractivity contribution < 1.29 is 14.3 Å². The number of hydrogen-bond donors (Lipinski definition) is 2. The molecule has 0 bridgehead atoms. The van der Waals surface area contributed by atoms with E-state index in [0.29, 0.717) is 17.0 Å². The molecule has 0 aliphatic carbocycles. The van der Waals surface area contributed by atoms with Gasteiger partial charge in [0.15, 0.2) is 5.84 Å². The molecule has 4 nitrogen and oxygen atoms in total. The fourth-order valence-corrected chi connectivity index (χ4v) is 2.05. The zero-order chi connectivity index (χ0) is 14.1. The Balaban J connectivity index is 1.96. The maximum absolute atomic E-state index is 13.7. The van der Waals surface area contributed by atoms with Crippen LogP contribution in [0.2, 0.25) is 0 Å². The summed E-state index contributed by atoms with van der Waals surface area (Å²) in [5.41, 5.74) is 4.50. The van der Waals surface area contributed by atoms with Crippen molar-refractivity contribution >= 4 is 5.84 Å². The van der Waals surface area contributed by atoms with Crippen LogP contribution in [0.1, 0.15) is 22.9 Å². The molecular formula is C15H13FN2O2. The number of nitrogens with zero attached hydrogens (tertiary/aromatic N) is 1. The number of aryl methyl sites for hydroxylation is 1. The van der Waals surface area contributed by atoms with Gasteiger partial charge in [0, 0.05) is 5.56 Å². The van der Waals surface area contributed by atoms with Gasteiger partial charge in [0.25, 0.3) is 0 Å². The third-order valence-electron chi connectivity index (χ3n) is 3.09. The van der Waals surface area contributed by atoms with E-state index in [4.69, 9.17) is 4.84 Å². The third kappa shape index (κ3) is 2.23. The fourth-order valence-electron chi connectivity index (χ4n) is 2.05. The van der Waals surface area contributed by atoms with Gasteiger partial charge in [-0.15, -0.1) is 0 Å². The van der Waals surface area contributed by atoms with Gasteiger partial charge in [-0.2, -0.15) is 0 Å². The summed E-state index contributed by atoms with van der Waals surface area (Å²) in [6.45, 7) is 1.91. The van der Waals surface area contributed by atoms with Crippen LogP contribution in [0.4, 0.5) is 4.39 Å². The summed E-state index contributed by atoms with van der Waals surface area (Å²) in [7, 11) is 0. The van der Waals surface area contributed by atoms with Crippen LogP contribution in [0.25, 0.3) is 0 Å². The summed E-state index contributed by atoms with van der Waals surface area (Å²) in [5, 5.41) is 9.86. The molecule has 0 fully saturated rings. The van der Waals surface area contributed by atoms with E-state index in [9.17, 15) is 9.50 Å². The summed E-state index contributed by atoms with van der Waals surface area (Å²) >= 11 is 0. The highest BCUT2D eigenvalue weighted by Gasteiger charge is 2.24. The second-order valence-electron chi connectivity index (χ2n) is 4.59. The number of amidine groups is 1. The van der Waals surface area contributed by atoms with Crippen LogP contribution in [0.15, 0.2) is 47.5 Å². The summed E-state index contributed by atoms with van der Waals surface area (Å²) in [6.07, 6.45) is -0.758. The van der Waals surface area contributed by atoms with Gasteiger partial charge >= 0.3 is 0 Å². The first-order valence-electron chi connectivity index (χ1n) is 6.19. The van der Waals surface area contributed by atoms with Gasteiger partial charge in [0.2, 0.25) is 6.23 Å². The lowest BCUT2D eigenvalue weighted by atomic mass is 10.1. The Hall–Kier alpha value is -2.40. The number of benzene rings is 2. The first-order valence-corrected chi connectivity index (χ1v) is 6.19. The van der Waals surface area contributed by atoms with Crippen molar-refractivity contribution in [3.63, 3.8) is 0 Å². The van der Waals surface area contributed by atoms with Crippen molar-refractivity contribution in [2.75, 3.05) is 0 Å². The average molecular weight is 272 g/mol. The fraction of sp³-hybridized carbons (Fsp3) is 0.133. The number of phenolic OH excluding ortho intramolecular Hbond substituents is 1. The van der Waals surface area contributed by atoms with Gasteiger partial charge in [-0.25, -0.2) is 19.7 Å². The number of hydrogen-bond acceptors (Lipinski definition) is 4. The number of rotatable bonds is 2. The molecule has 0 amide bonds. The molecule has 1 atom stereocenters. The Kier molecular flexibility index (Phi) is 3.12. The molecule has 2 aromatic rings. The van der Waals surface area contributed by atoms with Crippen molar-refractivity contribution in [3.8, 4) is 5.75 Å². The second kappa shape index (κ2) is 4.94. The van der Waals surface area contributed by atoms with Gasteiger partial charge in [-0.1, -0.05) is 29.8 Å². The molecule has 3 rings (SSSR count). The van der Waals surface area contributed by atoms with Crippen molar-refractivity contribution in [1.82, 2.24) is 5.48 Å². The molecule has 0 saturated heterocycles. The minimum absolute atomic E-state index is 0.0969. The molecule has 1 heterocycles. The van der Waals surface area contributed by atoms with Crippen LogP contribution < -0.4 is 5.48 Å². The molecule has 0 radical (unpaired) electrons. The standard InChI is InChI=1S/C15H13FN2O2/c1-9-6-7-13(19)11(8-9)14-17-15(20-18-14)10-4-2-3-5-12(10)16/h2-8,15,19H,1H3,(H,17,18). The second-order valence-corrected chi connectivity index (χ2v) is 4.59. The normalized spacial score (nSPS) is 17.7. The predicted octanol–water partition coefficient (Wildman–Crippen LogP) is 2.82. The van der Waals surface area contributed by atoms with Gasteiger partial charge in [0.1, 0.15) is 11.6 Å². The topological polar surface area (TPSA) is 53.9 Å². The number of aromatic hydroxyl groups is 1. The van der Waals surface area contributed by atoms with Crippen LogP contribution in [0.3, 0.4) is 0 Å². The molecule has 1 aliphatic rings. The lowest BCUT2D eigenvalue weighted by Gasteiger charge is -2.06. The smallest absolute Gasteiger partial charge is 0.205 e. The number of nitrogens with one attached hydrogen (secondary N) is 1. The van der Waals surface area contributed by atoms with E-state index in [2.05, 4.69) is 10.5 Å². The van der Waals surface area contributed by atoms with E-state index in [1.165, 1.54) is 6.07 Å². The van der Waals surface area contributed by atoms with E-state index in [0.717, 1.165) is 5.56 Å². The Morgan fingerprint density at radius 1 is 1.25 bits per heavy atom. The highest BCUT2D eigenvalue weighted by molar-refractivity contribution is 6.01. The first kappa shape index (κ1) is 12.6. The van der Waals surface area contributed by atoms with E-state index in [1.807, 2.05) is 6.92 Å². The summed E-state index contributed by atoms with van der Waals surface area (Å²) < 4.78 is 13.7. The minimum atomic E-state index is -0.758. The van der Waals surface area contributed by atoms with Gasteiger partial charge in [-0.05, 0) is 25.1 Å². The van der Waals surface area contributed by atoms with Crippen LogP contribution >= 0.6 is 0 Å². The molecule has 0 saturated carbocycles. The minimum Gasteiger partial charge on any atom is -0.507 e. The van der Waals surface area contributed by atoms with Crippen molar-refractivity contribution in [2.24, 2.45) is 4.99 Å². The number of hydroxylamine groups is 1. The number of phenols is 1.